The lowest BCUT2D eigenvalue weighted by molar-refractivity contribution is -0.112. The number of nitrogens with one attached hydrogen (secondary N) is 1. The number of halogens is 4. The largest absolute Gasteiger partial charge is 0.457 e. The molecule has 0 unspecified atom stereocenters. The van der Waals surface area contributed by atoms with Crippen molar-refractivity contribution < 1.29 is 9.21 Å². The van der Waals surface area contributed by atoms with Crippen molar-refractivity contribution in [3.05, 3.63) is 80.0 Å². The van der Waals surface area contributed by atoms with Crippen molar-refractivity contribution in [1.82, 2.24) is 0 Å². The zero-order valence-electron chi connectivity index (χ0n) is 14.0. The summed E-state index contributed by atoms with van der Waals surface area (Å²) in [5.74, 6) is 0.138. The molecule has 1 aromatic heterocycles. The van der Waals surface area contributed by atoms with E-state index in [1.807, 2.05) is 6.07 Å². The van der Waals surface area contributed by atoms with Gasteiger partial charge in [0, 0.05) is 32.4 Å². The normalized spacial score (nSPS) is 11.2. The quantitative estimate of drug-likeness (QED) is 0.339. The molecular weight excluding hydrogens is 442 g/mol. The lowest BCUT2D eigenvalue weighted by Crippen LogP contribution is -2.13. The van der Waals surface area contributed by atoms with E-state index in [2.05, 4.69) is 5.32 Å². The summed E-state index contributed by atoms with van der Waals surface area (Å²) in [6.07, 6.45) is 1.32. The molecular formula is C20H10Cl4N2O2. The first-order valence-electron chi connectivity index (χ1n) is 7.80. The van der Waals surface area contributed by atoms with Gasteiger partial charge in [-0.3, -0.25) is 4.79 Å². The highest BCUT2D eigenvalue weighted by molar-refractivity contribution is 6.35. The number of furan rings is 1. The van der Waals surface area contributed by atoms with Crippen LogP contribution in [0.4, 0.5) is 5.69 Å². The molecule has 4 nitrogen and oxygen atoms in total. The molecule has 28 heavy (non-hydrogen) atoms. The molecule has 0 aliphatic carbocycles. The predicted octanol–water partition coefficient (Wildman–Crippen LogP) is 7.11. The number of nitriles is 1. The summed E-state index contributed by atoms with van der Waals surface area (Å²) in [5, 5.41) is 13.6. The van der Waals surface area contributed by atoms with Crippen molar-refractivity contribution in [2.24, 2.45) is 0 Å². The third kappa shape index (κ3) is 4.89. The maximum atomic E-state index is 12.4. The fourth-order valence-electron chi connectivity index (χ4n) is 2.38. The second-order valence-corrected chi connectivity index (χ2v) is 7.32. The number of anilines is 1. The van der Waals surface area contributed by atoms with Crippen molar-refractivity contribution in [2.45, 2.75) is 0 Å². The van der Waals surface area contributed by atoms with Gasteiger partial charge in [-0.25, -0.2) is 0 Å². The van der Waals surface area contributed by atoms with E-state index in [1.165, 1.54) is 24.3 Å². The molecule has 1 heterocycles. The van der Waals surface area contributed by atoms with Crippen molar-refractivity contribution in [1.29, 1.82) is 5.26 Å². The third-order valence-electron chi connectivity index (χ3n) is 3.59. The molecule has 3 rings (SSSR count). The van der Waals surface area contributed by atoms with E-state index < -0.39 is 5.91 Å². The van der Waals surface area contributed by atoms with E-state index in [0.29, 0.717) is 42.9 Å². The lowest BCUT2D eigenvalue weighted by Gasteiger charge is -2.05. The number of carbonyl (C=O) groups is 1. The van der Waals surface area contributed by atoms with Gasteiger partial charge in [-0.2, -0.15) is 5.26 Å². The second-order valence-electron chi connectivity index (χ2n) is 5.61. The average molecular weight is 452 g/mol. The highest BCUT2D eigenvalue weighted by Crippen LogP contribution is 2.32. The molecule has 8 heteroatoms. The molecule has 3 aromatic rings. The van der Waals surface area contributed by atoms with Crippen LogP contribution in [0, 0.1) is 11.3 Å². The molecule has 0 atom stereocenters. The summed E-state index contributed by atoms with van der Waals surface area (Å²) in [7, 11) is 0. The predicted molar refractivity (Wildman–Crippen MR) is 113 cm³/mol. The number of rotatable bonds is 4. The van der Waals surface area contributed by atoms with Crippen LogP contribution in [0.1, 0.15) is 5.76 Å². The molecule has 0 aliphatic heterocycles. The highest BCUT2D eigenvalue weighted by Gasteiger charge is 2.13. The minimum absolute atomic E-state index is 0.158. The molecule has 0 fully saturated rings. The van der Waals surface area contributed by atoms with Crippen LogP contribution in [0.2, 0.25) is 20.1 Å². The van der Waals surface area contributed by atoms with E-state index in [0.717, 1.165) is 0 Å². The SMILES string of the molecule is N#CC(=Cc1ccc(-c2cc(Cl)ccc2Cl)o1)C(=O)Nc1cc(Cl)cc(Cl)c1. The minimum atomic E-state index is -0.625. The van der Waals surface area contributed by atoms with E-state index in [1.54, 1.807) is 30.3 Å². The van der Waals surface area contributed by atoms with Crippen LogP contribution in [-0.2, 0) is 4.79 Å². The van der Waals surface area contributed by atoms with Crippen molar-refractivity contribution in [3.63, 3.8) is 0 Å². The Bertz CT molecular complexity index is 1110. The van der Waals surface area contributed by atoms with Crippen LogP contribution in [0.3, 0.4) is 0 Å². The van der Waals surface area contributed by atoms with Gasteiger partial charge in [-0.1, -0.05) is 46.4 Å². The van der Waals surface area contributed by atoms with Gasteiger partial charge in [0.2, 0.25) is 0 Å². The Morgan fingerprint density at radius 3 is 2.36 bits per heavy atom. The average Bonchev–Trinajstić information content (AvgIpc) is 3.09. The number of carbonyl (C=O) groups excluding carboxylic acids is 1. The molecule has 140 valence electrons. The molecule has 0 spiro atoms. The van der Waals surface area contributed by atoms with Crippen LogP contribution in [-0.4, -0.2) is 5.91 Å². The van der Waals surface area contributed by atoms with Gasteiger partial charge >= 0.3 is 0 Å². The molecule has 0 saturated heterocycles. The summed E-state index contributed by atoms with van der Waals surface area (Å²) < 4.78 is 5.68. The summed E-state index contributed by atoms with van der Waals surface area (Å²) in [6.45, 7) is 0. The number of amides is 1. The van der Waals surface area contributed by atoms with Gasteiger partial charge in [0.05, 0.1) is 5.02 Å². The maximum Gasteiger partial charge on any atom is 0.266 e. The fraction of sp³-hybridized carbons (Fsp3) is 0. The standard InChI is InChI=1S/C20H10Cl4N2O2/c21-12-1-3-18(24)17(9-12)19-4-2-16(28-19)5-11(10-25)20(27)26-15-7-13(22)6-14(23)8-15/h1-9H,(H,26,27). The molecule has 2 aromatic carbocycles. The van der Waals surface area contributed by atoms with Gasteiger partial charge in [-0.15, -0.1) is 0 Å². The van der Waals surface area contributed by atoms with Crippen LogP contribution in [0.5, 0.6) is 0 Å². The molecule has 1 amide bonds. The van der Waals surface area contributed by atoms with Gasteiger partial charge in [-0.05, 0) is 48.5 Å². The first kappa shape index (κ1) is 20.3. The molecule has 0 bridgehead atoms. The Balaban J connectivity index is 1.85. The number of benzene rings is 2. The fourth-order valence-corrected chi connectivity index (χ4v) is 3.29. The van der Waals surface area contributed by atoms with E-state index in [9.17, 15) is 10.1 Å². The molecule has 0 saturated carbocycles. The van der Waals surface area contributed by atoms with E-state index in [-0.39, 0.29) is 5.57 Å². The monoisotopic (exact) mass is 450 g/mol. The van der Waals surface area contributed by atoms with Crippen LogP contribution in [0.25, 0.3) is 17.4 Å². The Kier molecular flexibility index (Phi) is 6.33. The van der Waals surface area contributed by atoms with E-state index in [4.69, 9.17) is 50.8 Å². The zero-order chi connectivity index (χ0) is 20.3. The Labute approximate surface area is 180 Å². The Hall–Kier alpha value is -2.42. The molecule has 0 radical (unpaired) electrons. The lowest BCUT2D eigenvalue weighted by atomic mass is 10.2. The zero-order valence-corrected chi connectivity index (χ0v) is 17.0. The summed E-state index contributed by atoms with van der Waals surface area (Å²) in [6, 6.07) is 14.7. The van der Waals surface area contributed by atoms with Crippen LogP contribution >= 0.6 is 46.4 Å². The van der Waals surface area contributed by atoms with Gasteiger partial charge < -0.3 is 9.73 Å². The topological polar surface area (TPSA) is 66.0 Å². The van der Waals surface area contributed by atoms with Crippen molar-refractivity contribution in [3.8, 4) is 17.4 Å². The third-order valence-corrected chi connectivity index (χ3v) is 4.59. The summed E-state index contributed by atoms with van der Waals surface area (Å²) in [5.41, 5.74) is 0.814. The first-order chi connectivity index (χ1) is 13.4. The first-order valence-corrected chi connectivity index (χ1v) is 9.31. The van der Waals surface area contributed by atoms with Crippen molar-refractivity contribution >= 4 is 64.1 Å². The smallest absolute Gasteiger partial charge is 0.266 e. The number of nitrogens with zero attached hydrogens (tertiary/aromatic N) is 1. The van der Waals surface area contributed by atoms with Gasteiger partial charge in [0.15, 0.2) is 0 Å². The number of hydrogen-bond acceptors (Lipinski definition) is 3. The molecule has 1 N–H and O–H groups in total. The molecule has 0 aliphatic rings. The van der Waals surface area contributed by atoms with Crippen LogP contribution < -0.4 is 5.32 Å². The number of hydrogen-bond donors (Lipinski definition) is 1. The maximum absolute atomic E-state index is 12.4. The minimum Gasteiger partial charge on any atom is -0.457 e. The van der Waals surface area contributed by atoms with Crippen LogP contribution in [0.15, 0.2) is 58.5 Å². The Morgan fingerprint density at radius 1 is 0.964 bits per heavy atom. The van der Waals surface area contributed by atoms with Gasteiger partial charge in [0.25, 0.3) is 5.91 Å². The highest BCUT2D eigenvalue weighted by atomic mass is 35.5. The van der Waals surface area contributed by atoms with Crippen molar-refractivity contribution in [2.75, 3.05) is 5.32 Å². The summed E-state index contributed by atoms with van der Waals surface area (Å²) >= 11 is 24.0. The second kappa shape index (κ2) is 8.72. The van der Waals surface area contributed by atoms with Gasteiger partial charge in [0.1, 0.15) is 23.2 Å². The summed E-state index contributed by atoms with van der Waals surface area (Å²) in [4.78, 5) is 12.4. The van der Waals surface area contributed by atoms with E-state index >= 15 is 0 Å². The Morgan fingerprint density at radius 2 is 1.68 bits per heavy atom.